The fraction of sp³-hybridized carbons (Fsp3) is 0.423. The lowest BCUT2D eigenvalue weighted by molar-refractivity contribution is -0.130. The van der Waals surface area contributed by atoms with Crippen LogP contribution in [0, 0.1) is 5.82 Å². The molecule has 0 spiro atoms. The molecule has 2 aromatic carbocycles. The van der Waals surface area contributed by atoms with Crippen LogP contribution in [0.2, 0.25) is 0 Å². The number of primary amides is 1. The Morgan fingerprint density at radius 1 is 0.917 bits per heavy atom. The average molecular weight is 497 g/mol. The largest absolute Gasteiger partial charge is 0.494 e. The molecule has 4 N–H and O–H groups in total. The summed E-state index contributed by atoms with van der Waals surface area (Å²) >= 11 is 0. The van der Waals surface area contributed by atoms with Gasteiger partial charge in [0.1, 0.15) is 17.9 Å². The summed E-state index contributed by atoms with van der Waals surface area (Å²) in [6.45, 7) is 9.16. The third-order valence-corrected chi connectivity index (χ3v) is 6.68. The Morgan fingerprint density at radius 2 is 1.50 bits per heavy atom. The van der Waals surface area contributed by atoms with E-state index in [1.165, 1.54) is 25.1 Å². The molecule has 3 rings (SSSR count). The molecule has 2 atom stereocenters. The van der Waals surface area contributed by atoms with Crippen LogP contribution in [0.1, 0.15) is 45.7 Å². The summed E-state index contributed by atoms with van der Waals surface area (Å²) in [4.78, 5) is 36.8. The zero-order valence-electron chi connectivity index (χ0n) is 21.3. The Hall–Kier alpha value is -3.24. The van der Waals surface area contributed by atoms with E-state index in [9.17, 15) is 18.8 Å². The summed E-state index contributed by atoms with van der Waals surface area (Å²) in [5.41, 5.74) is 6.47. The first kappa shape index (κ1) is 27.4. The van der Waals surface area contributed by atoms with E-state index in [2.05, 4.69) is 10.6 Å². The second kappa shape index (κ2) is 10.8. The number of nitrogens with two attached hydrogens (primary N) is 1. The number of carbonyl (C=O) groups is 3. The first-order valence-electron chi connectivity index (χ1n) is 11.8. The molecule has 0 radical (unpaired) electrons. The number of carbonyl (C=O) groups excluding carboxylic acids is 3. The van der Waals surface area contributed by atoms with Crippen molar-refractivity contribution < 1.29 is 28.1 Å². The van der Waals surface area contributed by atoms with Crippen molar-refractivity contribution >= 4 is 30.3 Å². The van der Waals surface area contributed by atoms with Gasteiger partial charge in [0.2, 0.25) is 17.7 Å². The van der Waals surface area contributed by atoms with Gasteiger partial charge in [-0.1, -0.05) is 42.5 Å². The summed E-state index contributed by atoms with van der Waals surface area (Å²) in [5.74, 6) is -2.31. The Labute approximate surface area is 211 Å². The van der Waals surface area contributed by atoms with E-state index >= 15 is 0 Å². The second-order valence-electron chi connectivity index (χ2n) is 10.0. The molecular formula is C26H33BFN3O5. The summed E-state index contributed by atoms with van der Waals surface area (Å²) < 4.78 is 26.2. The van der Waals surface area contributed by atoms with Crippen LogP contribution in [-0.2, 0) is 36.5 Å². The molecule has 0 aromatic heterocycles. The van der Waals surface area contributed by atoms with Crippen LogP contribution < -0.4 is 21.8 Å². The molecule has 1 aliphatic rings. The maximum atomic E-state index is 14.1. The molecule has 0 aliphatic carbocycles. The normalized spacial score (nSPS) is 17.8. The van der Waals surface area contributed by atoms with Crippen LogP contribution >= 0.6 is 0 Å². The number of halogens is 1. The highest BCUT2D eigenvalue weighted by Crippen LogP contribution is 2.36. The van der Waals surface area contributed by atoms with E-state index in [1.54, 1.807) is 6.07 Å². The number of hydrogen-bond donors (Lipinski definition) is 3. The summed E-state index contributed by atoms with van der Waals surface area (Å²) in [6.07, 6.45) is 0.0591. The molecule has 2 aromatic rings. The highest BCUT2D eigenvalue weighted by atomic mass is 19.1. The monoisotopic (exact) mass is 497 g/mol. The van der Waals surface area contributed by atoms with Crippen molar-refractivity contribution in [2.75, 3.05) is 0 Å². The fourth-order valence-electron chi connectivity index (χ4n) is 3.86. The minimum absolute atomic E-state index is 0.0770. The van der Waals surface area contributed by atoms with E-state index in [0.29, 0.717) is 0 Å². The molecular weight excluding hydrogens is 464 g/mol. The molecule has 0 unspecified atom stereocenters. The van der Waals surface area contributed by atoms with Crippen LogP contribution in [0.15, 0.2) is 48.5 Å². The van der Waals surface area contributed by atoms with Crippen molar-refractivity contribution in [1.82, 2.24) is 10.6 Å². The Bertz CT molecular complexity index is 1110. The molecule has 1 saturated heterocycles. The molecule has 1 fully saturated rings. The van der Waals surface area contributed by atoms with Crippen molar-refractivity contribution in [3.05, 3.63) is 65.5 Å². The van der Waals surface area contributed by atoms with Gasteiger partial charge in [0, 0.05) is 19.8 Å². The van der Waals surface area contributed by atoms with Gasteiger partial charge in [0.15, 0.2) is 0 Å². The maximum absolute atomic E-state index is 14.1. The Kier molecular flexibility index (Phi) is 8.21. The smallest absolute Gasteiger partial charge is 0.399 e. The van der Waals surface area contributed by atoms with E-state index in [4.69, 9.17) is 15.0 Å². The zero-order chi connectivity index (χ0) is 26.7. The lowest BCUT2D eigenvalue weighted by atomic mass is 9.78. The first-order valence-corrected chi connectivity index (χ1v) is 11.8. The average Bonchev–Trinajstić information content (AvgIpc) is 3.01. The first-order chi connectivity index (χ1) is 16.8. The molecule has 1 heterocycles. The predicted octanol–water partition coefficient (Wildman–Crippen LogP) is 1.38. The maximum Gasteiger partial charge on any atom is 0.494 e. The van der Waals surface area contributed by atoms with Crippen LogP contribution in [0.3, 0.4) is 0 Å². The second-order valence-corrected chi connectivity index (χ2v) is 10.0. The van der Waals surface area contributed by atoms with Crippen molar-refractivity contribution in [3.63, 3.8) is 0 Å². The number of rotatable bonds is 9. The van der Waals surface area contributed by atoms with Crippen LogP contribution in [0.5, 0.6) is 0 Å². The zero-order valence-corrected chi connectivity index (χ0v) is 21.3. The molecule has 0 bridgehead atoms. The van der Waals surface area contributed by atoms with Gasteiger partial charge in [-0.25, -0.2) is 4.39 Å². The van der Waals surface area contributed by atoms with Gasteiger partial charge in [-0.2, -0.15) is 0 Å². The number of amides is 3. The summed E-state index contributed by atoms with van der Waals surface area (Å²) in [7, 11) is -0.521. The van der Waals surface area contributed by atoms with Gasteiger partial charge in [-0.15, -0.1) is 0 Å². The molecule has 3 amide bonds. The van der Waals surface area contributed by atoms with Gasteiger partial charge in [-0.3, -0.25) is 14.4 Å². The third kappa shape index (κ3) is 6.50. The van der Waals surface area contributed by atoms with Crippen LogP contribution in [0.25, 0.3) is 0 Å². The highest BCUT2D eigenvalue weighted by molar-refractivity contribution is 6.62. The summed E-state index contributed by atoms with van der Waals surface area (Å²) in [6, 6.07) is 11.2. The van der Waals surface area contributed by atoms with Crippen molar-refractivity contribution in [1.29, 1.82) is 0 Å². The standard InChI is InChI=1S/C26H33BFN3O5/c1-16(32)30-22(15-18-8-6-7-9-20(18)28)24(34)31-21(23(29)33)14-17-10-12-19(13-11-17)27-35-25(2,3)26(4,5)36-27/h6-13,21-22H,14-15H2,1-5H3,(H2,29,33)(H,30,32)(H,31,34)/t21-,22-/m1/s1. The molecule has 0 saturated carbocycles. The van der Waals surface area contributed by atoms with Gasteiger partial charge in [0.05, 0.1) is 11.2 Å². The van der Waals surface area contributed by atoms with Crippen molar-refractivity contribution in [3.8, 4) is 0 Å². The molecule has 8 nitrogen and oxygen atoms in total. The number of nitrogens with one attached hydrogen (secondary N) is 2. The highest BCUT2D eigenvalue weighted by Gasteiger charge is 2.51. The minimum Gasteiger partial charge on any atom is -0.399 e. The Morgan fingerprint density at radius 3 is 2.03 bits per heavy atom. The van der Waals surface area contributed by atoms with E-state index in [-0.39, 0.29) is 18.4 Å². The molecule has 192 valence electrons. The SMILES string of the molecule is CC(=O)N[C@H](Cc1ccccc1F)C(=O)N[C@H](Cc1ccc(B2OC(C)(C)C(C)(C)O2)cc1)C(N)=O. The third-order valence-electron chi connectivity index (χ3n) is 6.68. The molecule has 10 heteroatoms. The topological polar surface area (TPSA) is 120 Å². The van der Waals surface area contributed by atoms with E-state index in [1.807, 2.05) is 52.0 Å². The van der Waals surface area contributed by atoms with Gasteiger partial charge < -0.3 is 25.7 Å². The fourth-order valence-corrected chi connectivity index (χ4v) is 3.86. The van der Waals surface area contributed by atoms with E-state index in [0.717, 1.165) is 11.0 Å². The lowest BCUT2D eigenvalue weighted by Gasteiger charge is -2.32. The van der Waals surface area contributed by atoms with E-state index < -0.39 is 53.9 Å². The minimum atomic E-state index is -1.08. The quantitative estimate of drug-likeness (QED) is 0.453. The Balaban J connectivity index is 1.69. The number of hydrogen-bond acceptors (Lipinski definition) is 5. The van der Waals surface area contributed by atoms with Gasteiger partial charge >= 0.3 is 7.12 Å². The lowest BCUT2D eigenvalue weighted by Crippen LogP contribution is -2.54. The molecule has 36 heavy (non-hydrogen) atoms. The molecule has 1 aliphatic heterocycles. The van der Waals surface area contributed by atoms with Gasteiger partial charge in [-0.05, 0) is 50.4 Å². The number of benzene rings is 2. The van der Waals surface area contributed by atoms with Crippen molar-refractivity contribution in [2.45, 2.75) is 70.7 Å². The van der Waals surface area contributed by atoms with Gasteiger partial charge in [0.25, 0.3) is 0 Å². The summed E-state index contributed by atoms with van der Waals surface area (Å²) in [5, 5.41) is 5.12. The van der Waals surface area contributed by atoms with Crippen LogP contribution in [0.4, 0.5) is 4.39 Å². The predicted molar refractivity (Wildman–Crippen MR) is 135 cm³/mol. The van der Waals surface area contributed by atoms with Crippen LogP contribution in [-0.4, -0.2) is 48.1 Å². The van der Waals surface area contributed by atoms with Crippen molar-refractivity contribution in [2.24, 2.45) is 5.73 Å².